The molecule has 2 heterocycles. The van der Waals surface area contributed by atoms with E-state index in [1.807, 2.05) is 0 Å². The number of carbonyl (C=O) groups is 1. The van der Waals surface area contributed by atoms with Gasteiger partial charge in [0, 0.05) is 26.2 Å². The number of morpholine rings is 1. The van der Waals surface area contributed by atoms with Crippen molar-refractivity contribution in [3.8, 4) is 0 Å². The molecular weight excluding hydrogens is 433 g/mol. The van der Waals surface area contributed by atoms with E-state index in [2.05, 4.69) is 10.2 Å². The van der Waals surface area contributed by atoms with E-state index < -0.39 is 15.8 Å². The maximum atomic E-state index is 13.5. The van der Waals surface area contributed by atoms with E-state index in [1.165, 1.54) is 22.5 Å². The molecule has 0 unspecified atom stereocenters. The highest BCUT2D eigenvalue weighted by molar-refractivity contribution is 7.89. The minimum Gasteiger partial charge on any atom is -0.379 e. The summed E-state index contributed by atoms with van der Waals surface area (Å²) in [4.78, 5) is 15.1. The maximum Gasteiger partial charge on any atom is 0.243 e. The maximum absolute atomic E-state index is 13.5. The number of rotatable bonds is 6. The Morgan fingerprint density at radius 3 is 2.47 bits per heavy atom. The second-order valence-electron chi connectivity index (χ2n) is 8.10. The van der Waals surface area contributed by atoms with Gasteiger partial charge in [0.15, 0.2) is 0 Å². The summed E-state index contributed by atoms with van der Waals surface area (Å²) >= 11 is 0. The number of hydrogen-bond donors (Lipinski definition) is 1. The van der Waals surface area contributed by atoms with Crippen LogP contribution in [0, 0.1) is 5.82 Å². The smallest absolute Gasteiger partial charge is 0.243 e. The van der Waals surface area contributed by atoms with Gasteiger partial charge in [0.25, 0.3) is 0 Å². The number of sulfonamides is 1. The minimum absolute atomic E-state index is 0.00234. The van der Waals surface area contributed by atoms with Crippen LogP contribution in [0.25, 0.3) is 0 Å². The van der Waals surface area contributed by atoms with Crippen molar-refractivity contribution in [2.45, 2.75) is 30.6 Å². The lowest BCUT2D eigenvalue weighted by atomic mass is 10.1. The van der Waals surface area contributed by atoms with Gasteiger partial charge in [-0.15, -0.1) is 0 Å². The lowest BCUT2D eigenvalue weighted by Crippen LogP contribution is -2.40. The van der Waals surface area contributed by atoms with Crippen molar-refractivity contribution in [2.75, 3.05) is 49.6 Å². The van der Waals surface area contributed by atoms with Gasteiger partial charge < -0.3 is 15.0 Å². The van der Waals surface area contributed by atoms with Crippen LogP contribution in [-0.4, -0.2) is 58.0 Å². The Hall–Kier alpha value is -2.49. The van der Waals surface area contributed by atoms with Crippen LogP contribution in [-0.2, 0) is 26.0 Å². The number of benzene rings is 2. The first kappa shape index (κ1) is 22.7. The third-order valence-electron chi connectivity index (χ3n) is 5.80. The zero-order valence-corrected chi connectivity index (χ0v) is 18.7. The lowest BCUT2D eigenvalue weighted by molar-refractivity contribution is -0.115. The lowest BCUT2D eigenvalue weighted by Gasteiger charge is -2.31. The van der Waals surface area contributed by atoms with Gasteiger partial charge in [0.1, 0.15) is 5.82 Å². The van der Waals surface area contributed by atoms with E-state index in [9.17, 15) is 17.6 Å². The van der Waals surface area contributed by atoms with Crippen LogP contribution in [0.5, 0.6) is 0 Å². The molecule has 7 nitrogen and oxygen atoms in total. The Balaban J connectivity index is 1.62. The van der Waals surface area contributed by atoms with Crippen molar-refractivity contribution >= 4 is 27.3 Å². The van der Waals surface area contributed by atoms with Crippen LogP contribution < -0.4 is 10.2 Å². The molecule has 0 saturated carbocycles. The molecule has 2 aliphatic rings. The van der Waals surface area contributed by atoms with Crippen LogP contribution in [0.1, 0.15) is 24.8 Å². The normalized spacial score (nSPS) is 17.8. The highest BCUT2D eigenvalue weighted by Gasteiger charge is 2.28. The van der Waals surface area contributed by atoms with E-state index in [0.717, 1.165) is 38.0 Å². The van der Waals surface area contributed by atoms with Crippen molar-refractivity contribution in [2.24, 2.45) is 0 Å². The van der Waals surface area contributed by atoms with Gasteiger partial charge in [-0.25, -0.2) is 12.8 Å². The molecule has 0 radical (unpaired) electrons. The Labute approximate surface area is 188 Å². The fourth-order valence-corrected chi connectivity index (χ4v) is 5.58. The number of amides is 1. The molecule has 0 spiro atoms. The zero-order chi connectivity index (χ0) is 22.6. The zero-order valence-electron chi connectivity index (χ0n) is 17.9. The van der Waals surface area contributed by atoms with Crippen molar-refractivity contribution in [1.82, 2.24) is 4.31 Å². The predicted octanol–water partition coefficient (Wildman–Crippen LogP) is 3.02. The first-order chi connectivity index (χ1) is 15.4. The SMILES string of the molecule is O=C(Cc1cccc(F)c1)Nc1cc(S(=O)(=O)N2CCOCC2)ccc1N1CCCCC1. The van der Waals surface area contributed by atoms with Crippen molar-refractivity contribution < 1.29 is 22.3 Å². The molecule has 1 N–H and O–H groups in total. The first-order valence-corrected chi connectivity index (χ1v) is 12.4. The summed E-state index contributed by atoms with van der Waals surface area (Å²) in [6.07, 6.45) is 3.24. The van der Waals surface area contributed by atoms with Crippen LogP contribution in [0.2, 0.25) is 0 Å². The molecular formula is C23H28FN3O4S. The highest BCUT2D eigenvalue weighted by atomic mass is 32.2. The van der Waals surface area contributed by atoms with E-state index in [0.29, 0.717) is 37.6 Å². The molecule has 2 saturated heterocycles. The molecule has 32 heavy (non-hydrogen) atoms. The van der Waals surface area contributed by atoms with Gasteiger partial charge in [-0.3, -0.25) is 4.79 Å². The summed E-state index contributed by atoms with van der Waals surface area (Å²) in [5, 5.41) is 2.88. The largest absolute Gasteiger partial charge is 0.379 e. The molecule has 4 rings (SSSR count). The standard InChI is InChI=1S/C23H28FN3O4S/c24-19-6-4-5-18(15-19)16-23(28)25-21-17-20(32(29,30)27-11-13-31-14-12-27)7-8-22(21)26-9-2-1-3-10-26/h4-8,15,17H,1-3,9-14,16H2,(H,25,28). The molecule has 172 valence electrons. The summed E-state index contributed by atoms with van der Waals surface area (Å²) in [5.41, 5.74) is 1.82. The van der Waals surface area contributed by atoms with Crippen molar-refractivity contribution in [3.63, 3.8) is 0 Å². The second-order valence-corrected chi connectivity index (χ2v) is 10.0. The van der Waals surface area contributed by atoms with Gasteiger partial charge in [-0.05, 0) is 55.2 Å². The van der Waals surface area contributed by atoms with Gasteiger partial charge in [0.05, 0.1) is 35.9 Å². The Morgan fingerprint density at radius 1 is 1.00 bits per heavy atom. The fourth-order valence-electron chi connectivity index (χ4n) is 4.15. The van der Waals surface area contributed by atoms with E-state index >= 15 is 0 Å². The predicted molar refractivity (Wildman–Crippen MR) is 121 cm³/mol. The van der Waals surface area contributed by atoms with Gasteiger partial charge in [-0.1, -0.05) is 12.1 Å². The Bertz CT molecular complexity index is 1060. The molecule has 0 aromatic heterocycles. The second kappa shape index (κ2) is 9.97. The summed E-state index contributed by atoms with van der Waals surface area (Å²) in [7, 11) is -3.70. The summed E-state index contributed by atoms with van der Waals surface area (Å²) in [6.45, 7) is 3.03. The highest BCUT2D eigenvalue weighted by Crippen LogP contribution is 2.32. The van der Waals surface area contributed by atoms with Crippen molar-refractivity contribution in [1.29, 1.82) is 0 Å². The third-order valence-corrected chi connectivity index (χ3v) is 7.70. The number of halogens is 1. The fraction of sp³-hybridized carbons (Fsp3) is 0.435. The van der Waals surface area contributed by atoms with E-state index in [1.54, 1.807) is 24.3 Å². The number of ether oxygens (including phenoxy) is 1. The third kappa shape index (κ3) is 5.28. The molecule has 2 aliphatic heterocycles. The number of carbonyl (C=O) groups excluding carboxylic acids is 1. The molecule has 0 aliphatic carbocycles. The summed E-state index contributed by atoms with van der Waals surface area (Å²) < 4.78 is 46.5. The van der Waals surface area contributed by atoms with Crippen LogP contribution in [0.3, 0.4) is 0 Å². The number of hydrogen-bond acceptors (Lipinski definition) is 5. The van der Waals surface area contributed by atoms with Crippen LogP contribution >= 0.6 is 0 Å². The number of anilines is 2. The van der Waals surface area contributed by atoms with E-state index in [4.69, 9.17) is 4.74 Å². The summed E-state index contributed by atoms with van der Waals surface area (Å²) in [5.74, 6) is -0.724. The molecule has 0 bridgehead atoms. The van der Waals surface area contributed by atoms with E-state index in [-0.39, 0.29) is 17.2 Å². The monoisotopic (exact) mass is 461 g/mol. The van der Waals surface area contributed by atoms with Gasteiger partial charge >= 0.3 is 0 Å². The molecule has 1 amide bonds. The molecule has 2 fully saturated rings. The number of nitrogens with one attached hydrogen (secondary N) is 1. The molecule has 2 aromatic rings. The molecule has 2 aromatic carbocycles. The van der Waals surface area contributed by atoms with Gasteiger partial charge in [-0.2, -0.15) is 4.31 Å². The average molecular weight is 462 g/mol. The van der Waals surface area contributed by atoms with Gasteiger partial charge in [0.2, 0.25) is 15.9 Å². The molecule has 0 atom stereocenters. The minimum atomic E-state index is -3.70. The van der Waals surface area contributed by atoms with Crippen LogP contribution in [0.4, 0.5) is 15.8 Å². The Kier molecular flexibility index (Phi) is 7.07. The average Bonchev–Trinajstić information content (AvgIpc) is 2.80. The summed E-state index contributed by atoms with van der Waals surface area (Å²) in [6, 6.07) is 10.8. The number of piperidine rings is 1. The topological polar surface area (TPSA) is 79.0 Å². The number of nitrogens with zero attached hydrogens (tertiary/aromatic N) is 2. The Morgan fingerprint density at radius 2 is 1.75 bits per heavy atom. The first-order valence-electron chi connectivity index (χ1n) is 10.9. The van der Waals surface area contributed by atoms with Crippen molar-refractivity contribution in [3.05, 3.63) is 53.8 Å². The quantitative estimate of drug-likeness (QED) is 0.716. The van der Waals surface area contributed by atoms with Crippen LogP contribution in [0.15, 0.2) is 47.4 Å². The molecule has 9 heteroatoms.